The number of ether oxygens (including phenoxy) is 1. The predicted molar refractivity (Wildman–Crippen MR) is 72.5 cm³/mol. The van der Waals surface area contributed by atoms with Gasteiger partial charge in [0.1, 0.15) is 11.6 Å². The topological polar surface area (TPSA) is 89.3 Å². The maximum absolute atomic E-state index is 10.9. The van der Waals surface area contributed by atoms with E-state index in [2.05, 4.69) is 22.5 Å². The molecule has 0 radical (unpaired) electrons. The Balaban J connectivity index is 2.23. The Kier molecular flexibility index (Phi) is 3.84. The second-order valence-electron chi connectivity index (χ2n) is 4.90. The highest BCUT2D eigenvalue weighted by Crippen LogP contribution is 2.27. The molecule has 0 saturated carbocycles. The number of nitro groups is 1. The van der Waals surface area contributed by atoms with Gasteiger partial charge >= 0.3 is 0 Å². The quantitative estimate of drug-likeness (QED) is 0.640. The summed E-state index contributed by atoms with van der Waals surface area (Å²) in [4.78, 5) is 14.8. The summed E-state index contributed by atoms with van der Waals surface area (Å²) < 4.78 is 5.33. The van der Waals surface area contributed by atoms with Crippen LogP contribution < -0.4 is 10.6 Å². The van der Waals surface area contributed by atoms with Crippen molar-refractivity contribution in [3.63, 3.8) is 0 Å². The van der Waals surface area contributed by atoms with Gasteiger partial charge in [-0.2, -0.15) is 0 Å². The Morgan fingerprint density at radius 2 is 2.00 bits per heavy atom. The lowest BCUT2D eigenvalue weighted by atomic mass is 9.92. The van der Waals surface area contributed by atoms with Crippen LogP contribution >= 0.6 is 0 Å². The van der Waals surface area contributed by atoms with Crippen molar-refractivity contribution in [3.05, 3.63) is 22.2 Å². The summed E-state index contributed by atoms with van der Waals surface area (Å²) in [6, 6.07) is 2.87. The maximum Gasteiger partial charge on any atom is 0.276 e. The molecule has 1 aromatic heterocycles. The van der Waals surface area contributed by atoms with Gasteiger partial charge < -0.3 is 15.4 Å². The zero-order chi connectivity index (χ0) is 13.9. The average Bonchev–Trinajstić information content (AvgIpc) is 2.38. The normalized spacial score (nSPS) is 17.8. The summed E-state index contributed by atoms with van der Waals surface area (Å²) >= 11 is 0. The summed E-state index contributed by atoms with van der Waals surface area (Å²) in [6.45, 7) is 3.46. The van der Waals surface area contributed by atoms with Crippen molar-refractivity contribution in [2.45, 2.75) is 25.3 Å². The van der Waals surface area contributed by atoms with Crippen molar-refractivity contribution in [2.24, 2.45) is 0 Å². The highest BCUT2D eigenvalue weighted by Gasteiger charge is 2.28. The fourth-order valence-electron chi connectivity index (χ4n) is 2.07. The molecule has 1 aliphatic heterocycles. The van der Waals surface area contributed by atoms with Gasteiger partial charge in [-0.15, -0.1) is 0 Å². The van der Waals surface area contributed by atoms with Crippen LogP contribution in [0.4, 0.5) is 17.3 Å². The van der Waals surface area contributed by atoms with Crippen LogP contribution in [0.15, 0.2) is 12.1 Å². The molecule has 0 amide bonds. The molecule has 0 bridgehead atoms. The van der Waals surface area contributed by atoms with E-state index in [1.807, 2.05) is 0 Å². The van der Waals surface area contributed by atoms with E-state index >= 15 is 0 Å². The second kappa shape index (κ2) is 5.40. The van der Waals surface area contributed by atoms with Crippen molar-refractivity contribution < 1.29 is 9.66 Å². The van der Waals surface area contributed by atoms with Crippen LogP contribution in [0.3, 0.4) is 0 Å². The third-order valence-electron chi connectivity index (χ3n) is 3.30. The van der Waals surface area contributed by atoms with Gasteiger partial charge in [-0.1, -0.05) is 0 Å². The molecule has 0 unspecified atom stereocenters. The third kappa shape index (κ3) is 3.31. The number of hydrogen-bond donors (Lipinski definition) is 2. The van der Waals surface area contributed by atoms with Gasteiger partial charge in [-0.25, -0.2) is 4.98 Å². The summed E-state index contributed by atoms with van der Waals surface area (Å²) in [5.74, 6) is 0.996. The largest absolute Gasteiger partial charge is 0.381 e. The number of rotatable bonds is 4. The lowest BCUT2D eigenvalue weighted by molar-refractivity contribution is -0.384. The molecule has 0 aromatic carbocycles. The highest BCUT2D eigenvalue weighted by atomic mass is 16.6. The molecule has 2 rings (SSSR count). The molecule has 1 aliphatic rings. The van der Waals surface area contributed by atoms with Crippen LogP contribution in [0.5, 0.6) is 0 Å². The molecule has 1 aromatic rings. The van der Waals surface area contributed by atoms with Gasteiger partial charge in [0.25, 0.3) is 5.69 Å². The monoisotopic (exact) mass is 266 g/mol. The Morgan fingerprint density at radius 3 is 2.58 bits per heavy atom. The van der Waals surface area contributed by atoms with Crippen molar-refractivity contribution in [3.8, 4) is 0 Å². The van der Waals surface area contributed by atoms with Crippen molar-refractivity contribution in [2.75, 3.05) is 30.9 Å². The van der Waals surface area contributed by atoms with Crippen LogP contribution in [0, 0.1) is 10.1 Å². The van der Waals surface area contributed by atoms with E-state index in [9.17, 15) is 10.1 Å². The van der Waals surface area contributed by atoms with Gasteiger partial charge in [0.05, 0.1) is 17.1 Å². The van der Waals surface area contributed by atoms with E-state index in [0.717, 1.165) is 12.8 Å². The summed E-state index contributed by atoms with van der Waals surface area (Å²) in [7, 11) is 1.69. The minimum absolute atomic E-state index is 0.0255. The van der Waals surface area contributed by atoms with Gasteiger partial charge in [0, 0.05) is 25.8 Å². The van der Waals surface area contributed by atoms with E-state index in [1.54, 1.807) is 7.05 Å². The number of hydrogen-bond acceptors (Lipinski definition) is 6. The summed E-state index contributed by atoms with van der Waals surface area (Å²) in [5.41, 5.74) is -0.108. The second-order valence-corrected chi connectivity index (χ2v) is 4.90. The highest BCUT2D eigenvalue weighted by molar-refractivity contribution is 5.55. The molecule has 0 aliphatic carbocycles. The van der Waals surface area contributed by atoms with E-state index in [1.165, 1.54) is 12.1 Å². The molecular formula is C12H18N4O3. The maximum atomic E-state index is 10.9. The SMILES string of the molecule is CNc1cc([N+](=O)[O-])cc(NC2(C)CCOCC2)n1. The van der Waals surface area contributed by atoms with E-state index in [0.29, 0.717) is 24.8 Å². The van der Waals surface area contributed by atoms with E-state index in [4.69, 9.17) is 4.74 Å². The smallest absolute Gasteiger partial charge is 0.276 e. The fraction of sp³-hybridized carbons (Fsp3) is 0.583. The average molecular weight is 266 g/mol. The number of anilines is 2. The van der Waals surface area contributed by atoms with Gasteiger partial charge in [-0.05, 0) is 19.8 Å². The lowest BCUT2D eigenvalue weighted by Gasteiger charge is -2.34. The Morgan fingerprint density at radius 1 is 1.37 bits per heavy atom. The van der Waals surface area contributed by atoms with Crippen LogP contribution in [-0.2, 0) is 4.74 Å². The van der Waals surface area contributed by atoms with Crippen molar-refractivity contribution >= 4 is 17.3 Å². The van der Waals surface area contributed by atoms with Crippen LogP contribution in [0.1, 0.15) is 19.8 Å². The van der Waals surface area contributed by atoms with Crippen LogP contribution in [0.25, 0.3) is 0 Å². The fourth-order valence-corrected chi connectivity index (χ4v) is 2.07. The first-order chi connectivity index (χ1) is 9.02. The molecule has 1 fully saturated rings. The number of pyridine rings is 1. The summed E-state index contributed by atoms with van der Waals surface area (Å²) in [5, 5.41) is 17.0. The van der Waals surface area contributed by atoms with Crippen LogP contribution in [0.2, 0.25) is 0 Å². The first-order valence-electron chi connectivity index (χ1n) is 6.23. The Hall–Kier alpha value is -1.89. The molecule has 0 atom stereocenters. The molecule has 2 N–H and O–H groups in total. The first-order valence-corrected chi connectivity index (χ1v) is 6.23. The molecule has 19 heavy (non-hydrogen) atoms. The molecule has 1 saturated heterocycles. The van der Waals surface area contributed by atoms with Gasteiger partial charge in [0.15, 0.2) is 0 Å². The molecule has 7 nitrogen and oxygen atoms in total. The number of nitrogens with one attached hydrogen (secondary N) is 2. The molecular weight excluding hydrogens is 248 g/mol. The minimum Gasteiger partial charge on any atom is -0.381 e. The number of nitrogens with zero attached hydrogens (tertiary/aromatic N) is 2. The van der Waals surface area contributed by atoms with Crippen molar-refractivity contribution in [1.29, 1.82) is 0 Å². The lowest BCUT2D eigenvalue weighted by Crippen LogP contribution is -2.40. The minimum atomic E-state index is -0.417. The third-order valence-corrected chi connectivity index (χ3v) is 3.30. The molecule has 7 heteroatoms. The number of aromatic nitrogens is 1. The van der Waals surface area contributed by atoms with E-state index in [-0.39, 0.29) is 11.2 Å². The molecule has 2 heterocycles. The molecule has 0 spiro atoms. The zero-order valence-corrected chi connectivity index (χ0v) is 11.1. The van der Waals surface area contributed by atoms with Crippen molar-refractivity contribution in [1.82, 2.24) is 4.98 Å². The van der Waals surface area contributed by atoms with E-state index < -0.39 is 4.92 Å². The van der Waals surface area contributed by atoms with Crippen LogP contribution in [-0.4, -0.2) is 35.7 Å². The predicted octanol–water partition coefficient (Wildman–Crippen LogP) is 2.01. The Bertz CT molecular complexity index is 472. The van der Waals surface area contributed by atoms with Gasteiger partial charge in [0.2, 0.25) is 0 Å². The first kappa shape index (κ1) is 13.5. The zero-order valence-electron chi connectivity index (χ0n) is 11.1. The standard InChI is InChI=1S/C12H18N4O3/c1-12(3-5-19-6-4-12)15-11-8-9(16(17)18)7-10(13-2)14-11/h7-8H,3-6H2,1-2H3,(H2,13,14,15). The Labute approximate surface area is 111 Å². The summed E-state index contributed by atoms with van der Waals surface area (Å²) in [6.07, 6.45) is 1.71. The molecule has 104 valence electrons. The van der Waals surface area contributed by atoms with Gasteiger partial charge in [-0.3, -0.25) is 10.1 Å².